The molecule has 4 rings (SSSR count). The maximum absolute atomic E-state index is 11.6. The van der Waals surface area contributed by atoms with E-state index in [0.29, 0.717) is 0 Å². The monoisotopic (exact) mass is 371 g/mol. The summed E-state index contributed by atoms with van der Waals surface area (Å²) in [6, 6.07) is 24.5. The molecule has 3 aromatic rings. The molecule has 1 aliphatic rings. The van der Waals surface area contributed by atoms with Crippen LogP contribution in [0.25, 0.3) is 11.1 Å². The van der Waals surface area contributed by atoms with Crippen LogP contribution >= 0.6 is 0 Å². The van der Waals surface area contributed by atoms with E-state index in [2.05, 4.69) is 47.4 Å². The van der Waals surface area contributed by atoms with Crippen molar-refractivity contribution in [1.82, 2.24) is 0 Å². The number of anilines is 1. The van der Waals surface area contributed by atoms with Crippen LogP contribution in [0.5, 0.6) is 5.75 Å². The normalized spacial score (nSPS) is 18.2. The van der Waals surface area contributed by atoms with Crippen LogP contribution < -0.4 is 9.64 Å². The smallest absolute Gasteiger partial charge is 0.118 e. The number of hydrogen-bond donors (Lipinski definition) is 1. The van der Waals surface area contributed by atoms with Crippen molar-refractivity contribution in [3.8, 4) is 5.75 Å². The highest BCUT2D eigenvalue weighted by Crippen LogP contribution is 2.51. The summed E-state index contributed by atoms with van der Waals surface area (Å²) in [5.41, 5.74) is 6.17. The van der Waals surface area contributed by atoms with Crippen molar-refractivity contribution in [2.24, 2.45) is 0 Å². The third-order valence-electron chi connectivity index (χ3n) is 5.51. The fourth-order valence-electron chi connectivity index (χ4n) is 4.05. The van der Waals surface area contributed by atoms with Crippen LogP contribution in [-0.4, -0.2) is 26.3 Å². The van der Waals surface area contributed by atoms with Crippen LogP contribution in [0.1, 0.15) is 29.2 Å². The maximum Gasteiger partial charge on any atom is 0.118 e. The minimum Gasteiger partial charge on any atom is -0.497 e. The number of ether oxygens (including phenoxy) is 1. The molecular formula is C25H25NO2. The molecule has 0 amide bonds. The van der Waals surface area contributed by atoms with E-state index in [1.165, 1.54) is 0 Å². The second-order valence-corrected chi connectivity index (χ2v) is 7.54. The summed E-state index contributed by atoms with van der Waals surface area (Å²) in [5, 5.41) is 11.6. The first-order valence-electron chi connectivity index (χ1n) is 9.42. The predicted molar refractivity (Wildman–Crippen MR) is 116 cm³/mol. The van der Waals surface area contributed by atoms with E-state index in [-0.39, 0.29) is 0 Å². The molecule has 0 aliphatic heterocycles. The van der Waals surface area contributed by atoms with E-state index in [1.54, 1.807) is 7.11 Å². The molecule has 0 spiro atoms. The number of fused-ring (bicyclic) bond motifs is 1. The molecule has 0 radical (unpaired) electrons. The SMILES string of the molecule is COc1ccc(C2=C(c3ccc(N(C)C)cc3)C(C)(O)c3ccccc32)cc1. The van der Waals surface area contributed by atoms with Crippen molar-refractivity contribution in [2.45, 2.75) is 12.5 Å². The molecule has 0 saturated heterocycles. The number of hydrogen-bond acceptors (Lipinski definition) is 3. The summed E-state index contributed by atoms with van der Waals surface area (Å²) >= 11 is 0. The Kier molecular flexibility index (Phi) is 4.48. The number of benzene rings is 3. The zero-order valence-corrected chi connectivity index (χ0v) is 16.7. The Bertz CT molecular complexity index is 1030. The molecule has 1 aliphatic carbocycles. The van der Waals surface area contributed by atoms with Gasteiger partial charge in [0.2, 0.25) is 0 Å². The Morgan fingerprint density at radius 3 is 2.04 bits per heavy atom. The van der Waals surface area contributed by atoms with Crippen LogP contribution in [0.15, 0.2) is 72.8 Å². The first-order chi connectivity index (χ1) is 13.4. The highest BCUT2D eigenvalue weighted by molar-refractivity contribution is 6.06. The standard InChI is InChI=1S/C25H25NO2/c1-25(27)22-8-6-5-7-21(22)23(17-11-15-20(28-4)16-12-17)24(25)18-9-13-19(14-10-18)26(2)3/h5-16,27H,1-4H3. The zero-order valence-electron chi connectivity index (χ0n) is 16.7. The first-order valence-corrected chi connectivity index (χ1v) is 9.42. The summed E-state index contributed by atoms with van der Waals surface area (Å²) in [4.78, 5) is 2.07. The van der Waals surface area contributed by atoms with Gasteiger partial charge >= 0.3 is 0 Å². The summed E-state index contributed by atoms with van der Waals surface area (Å²) in [5.74, 6) is 0.819. The molecule has 0 saturated carbocycles. The van der Waals surface area contributed by atoms with Crippen molar-refractivity contribution < 1.29 is 9.84 Å². The van der Waals surface area contributed by atoms with E-state index in [1.807, 2.05) is 51.4 Å². The van der Waals surface area contributed by atoms with E-state index in [0.717, 1.165) is 44.8 Å². The van der Waals surface area contributed by atoms with Crippen LogP contribution in [0.2, 0.25) is 0 Å². The van der Waals surface area contributed by atoms with Gasteiger partial charge in [0.05, 0.1) is 7.11 Å². The molecule has 3 aromatic carbocycles. The third kappa shape index (κ3) is 2.88. The van der Waals surface area contributed by atoms with E-state index in [4.69, 9.17) is 4.74 Å². The van der Waals surface area contributed by atoms with Gasteiger partial charge in [-0.05, 0) is 59.0 Å². The van der Waals surface area contributed by atoms with Crippen molar-refractivity contribution >= 4 is 16.8 Å². The third-order valence-corrected chi connectivity index (χ3v) is 5.51. The van der Waals surface area contributed by atoms with Gasteiger partial charge in [-0.1, -0.05) is 48.5 Å². The Morgan fingerprint density at radius 1 is 0.821 bits per heavy atom. The van der Waals surface area contributed by atoms with Crippen molar-refractivity contribution in [1.29, 1.82) is 0 Å². The molecule has 0 aromatic heterocycles. The lowest BCUT2D eigenvalue weighted by atomic mass is 9.87. The molecule has 0 fully saturated rings. The van der Waals surface area contributed by atoms with Crippen LogP contribution in [-0.2, 0) is 5.60 Å². The van der Waals surface area contributed by atoms with Gasteiger partial charge < -0.3 is 14.7 Å². The highest BCUT2D eigenvalue weighted by Gasteiger charge is 2.40. The molecule has 3 heteroatoms. The Labute approximate surface area is 166 Å². The minimum absolute atomic E-state index is 0.819. The maximum atomic E-state index is 11.6. The summed E-state index contributed by atoms with van der Waals surface area (Å²) in [7, 11) is 5.72. The lowest BCUT2D eigenvalue weighted by Crippen LogP contribution is -2.20. The van der Waals surface area contributed by atoms with Gasteiger partial charge in [0.25, 0.3) is 0 Å². The van der Waals surface area contributed by atoms with Gasteiger partial charge in [0, 0.05) is 25.4 Å². The molecule has 1 N–H and O–H groups in total. The van der Waals surface area contributed by atoms with Crippen LogP contribution in [0.4, 0.5) is 5.69 Å². The second kappa shape index (κ2) is 6.84. The Hall–Kier alpha value is -3.04. The van der Waals surface area contributed by atoms with E-state index < -0.39 is 5.60 Å². The highest BCUT2D eigenvalue weighted by atomic mass is 16.5. The number of aliphatic hydroxyl groups is 1. The topological polar surface area (TPSA) is 32.7 Å². The molecule has 3 nitrogen and oxygen atoms in total. The average Bonchev–Trinajstić information content (AvgIpc) is 2.95. The summed E-state index contributed by atoms with van der Waals surface area (Å²) in [6.45, 7) is 1.89. The molecule has 142 valence electrons. The molecule has 0 heterocycles. The molecule has 1 atom stereocenters. The van der Waals surface area contributed by atoms with E-state index >= 15 is 0 Å². The second-order valence-electron chi connectivity index (χ2n) is 7.54. The van der Waals surface area contributed by atoms with Gasteiger partial charge in [-0.15, -0.1) is 0 Å². The summed E-state index contributed by atoms with van der Waals surface area (Å²) in [6.07, 6.45) is 0. The van der Waals surface area contributed by atoms with Gasteiger partial charge in [-0.25, -0.2) is 0 Å². The lowest BCUT2D eigenvalue weighted by Gasteiger charge is -2.24. The van der Waals surface area contributed by atoms with Crippen LogP contribution in [0.3, 0.4) is 0 Å². The van der Waals surface area contributed by atoms with Gasteiger partial charge in [-0.2, -0.15) is 0 Å². The van der Waals surface area contributed by atoms with E-state index in [9.17, 15) is 5.11 Å². The fourth-order valence-corrected chi connectivity index (χ4v) is 4.05. The van der Waals surface area contributed by atoms with Gasteiger partial charge in [0.1, 0.15) is 11.4 Å². The molecule has 0 bridgehead atoms. The van der Waals surface area contributed by atoms with Crippen molar-refractivity contribution in [2.75, 3.05) is 26.1 Å². The largest absolute Gasteiger partial charge is 0.497 e. The zero-order chi connectivity index (χ0) is 19.9. The number of rotatable bonds is 4. The molecule has 28 heavy (non-hydrogen) atoms. The van der Waals surface area contributed by atoms with Crippen LogP contribution in [0, 0.1) is 0 Å². The first kappa shape index (κ1) is 18.3. The fraction of sp³-hybridized carbons (Fsp3) is 0.200. The molecular weight excluding hydrogens is 346 g/mol. The lowest BCUT2D eigenvalue weighted by molar-refractivity contribution is 0.125. The predicted octanol–water partition coefficient (Wildman–Crippen LogP) is 4.94. The van der Waals surface area contributed by atoms with Gasteiger partial charge in [-0.3, -0.25) is 0 Å². The Morgan fingerprint density at radius 2 is 1.43 bits per heavy atom. The molecule has 1 unspecified atom stereocenters. The number of nitrogens with zero attached hydrogens (tertiary/aromatic N) is 1. The Balaban J connectivity index is 1.96. The summed E-state index contributed by atoms with van der Waals surface area (Å²) < 4.78 is 5.32. The van der Waals surface area contributed by atoms with Gasteiger partial charge in [0.15, 0.2) is 0 Å². The van der Waals surface area contributed by atoms with Crippen molar-refractivity contribution in [3.63, 3.8) is 0 Å². The van der Waals surface area contributed by atoms with Crippen molar-refractivity contribution in [3.05, 3.63) is 95.1 Å². The minimum atomic E-state index is -1.06. The number of methoxy groups -OCH3 is 1. The average molecular weight is 371 g/mol. The quantitative estimate of drug-likeness (QED) is 0.705.